The van der Waals surface area contributed by atoms with E-state index < -0.39 is 37.4 Å². The molecule has 0 saturated carbocycles. The van der Waals surface area contributed by atoms with Crippen LogP contribution in [0.15, 0.2) is 35.4 Å². The second-order valence-electron chi connectivity index (χ2n) is 12.6. The van der Waals surface area contributed by atoms with Crippen LogP contribution >= 0.6 is 23.5 Å². The zero-order valence-corrected chi connectivity index (χ0v) is 27.7. The third kappa shape index (κ3) is 10.5. The molecule has 2 rings (SSSR count). The number of alkyl carbamates (subject to hydrolysis) is 1. The molecule has 1 heterocycles. The number of ether oxygens (including phenoxy) is 1. The lowest BCUT2D eigenvalue weighted by Crippen LogP contribution is -2.52. The molecule has 0 bridgehead atoms. The van der Waals surface area contributed by atoms with Crippen LogP contribution in [-0.4, -0.2) is 66.0 Å². The van der Waals surface area contributed by atoms with Crippen LogP contribution in [0.4, 0.5) is 4.79 Å². The van der Waals surface area contributed by atoms with Crippen LogP contribution in [0.2, 0.25) is 0 Å². The summed E-state index contributed by atoms with van der Waals surface area (Å²) in [5, 5.41) is 11.1. The third-order valence-electron chi connectivity index (χ3n) is 5.44. The van der Waals surface area contributed by atoms with Gasteiger partial charge in [0.1, 0.15) is 10.7 Å². The van der Waals surface area contributed by atoms with E-state index in [1.54, 1.807) is 86.6 Å². The molecule has 0 fully saturated rings. The molecule has 0 spiro atoms. The van der Waals surface area contributed by atoms with Gasteiger partial charge in [0.15, 0.2) is 10.0 Å². The van der Waals surface area contributed by atoms with Crippen molar-refractivity contribution in [3.05, 3.63) is 35.9 Å². The monoisotopic (exact) mass is 629 g/mol. The Labute approximate surface area is 252 Å². The Bertz CT molecular complexity index is 1230. The van der Waals surface area contributed by atoms with Crippen molar-refractivity contribution in [2.45, 2.75) is 72.8 Å². The SMILES string of the molecule is CC(C)(C)OC(=O)NCCSCS(=O)(=O)NCC1(c2ccccc2)SC(NC(=O)C(C)(C)C)=NN1C(=O)C(C)(C)C. The van der Waals surface area contributed by atoms with Gasteiger partial charge in [0.05, 0.1) is 6.54 Å². The van der Waals surface area contributed by atoms with E-state index in [0.29, 0.717) is 11.3 Å². The fourth-order valence-electron chi connectivity index (χ4n) is 3.31. The standard InChI is InChI=1S/C27H43N5O6S3/c1-24(2,3)20(33)30-22-31-32(21(34)25(4,5)6)27(40-22,19-13-11-10-12-14-19)17-29-41(36,37)18-39-16-15-28-23(35)38-26(7,8)9/h10-14,29H,15-18H2,1-9H3,(H,28,35)(H,30,31,33). The molecule has 41 heavy (non-hydrogen) atoms. The van der Waals surface area contributed by atoms with E-state index in [1.165, 1.54) is 5.01 Å². The average molecular weight is 630 g/mol. The Morgan fingerprint density at radius 2 is 1.61 bits per heavy atom. The molecule has 11 nitrogen and oxygen atoms in total. The van der Waals surface area contributed by atoms with E-state index >= 15 is 0 Å². The minimum absolute atomic E-state index is 0.194. The molecule has 0 aromatic heterocycles. The van der Waals surface area contributed by atoms with Crippen molar-refractivity contribution in [3.8, 4) is 0 Å². The molecule has 1 aromatic carbocycles. The van der Waals surface area contributed by atoms with Crippen molar-refractivity contribution < 1.29 is 27.5 Å². The van der Waals surface area contributed by atoms with Gasteiger partial charge in [0.25, 0.3) is 0 Å². The molecule has 3 N–H and O–H groups in total. The van der Waals surface area contributed by atoms with Gasteiger partial charge in [0.2, 0.25) is 21.8 Å². The lowest BCUT2D eigenvalue weighted by Gasteiger charge is -2.38. The topological polar surface area (TPSA) is 146 Å². The second-order valence-corrected chi connectivity index (χ2v) is 17.2. The van der Waals surface area contributed by atoms with Crippen LogP contribution in [0.5, 0.6) is 0 Å². The Balaban J connectivity index is 2.24. The minimum Gasteiger partial charge on any atom is -0.444 e. The van der Waals surface area contributed by atoms with Crippen LogP contribution in [0, 0.1) is 10.8 Å². The first-order valence-electron chi connectivity index (χ1n) is 13.2. The normalized spacial score (nSPS) is 18.1. The summed E-state index contributed by atoms with van der Waals surface area (Å²) in [5.41, 5.74) is -1.54. The first kappa shape index (κ1) is 34.9. The molecule has 230 valence electrons. The van der Waals surface area contributed by atoms with Gasteiger partial charge in [-0.25, -0.2) is 22.9 Å². The highest BCUT2D eigenvalue weighted by Gasteiger charge is 2.51. The predicted octanol–water partition coefficient (Wildman–Crippen LogP) is 4.03. The number of hydrogen-bond donors (Lipinski definition) is 3. The van der Waals surface area contributed by atoms with Crippen molar-refractivity contribution >= 4 is 56.6 Å². The van der Waals surface area contributed by atoms with Gasteiger partial charge in [-0.2, -0.15) is 0 Å². The molecule has 1 unspecified atom stereocenters. The minimum atomic E-state index is -3.81. The number of benzene rings is 1. The highest BCUT2D eigenvalue weighted by molar-refractivity contribution is 8.15. The number of carbonyl (C=O) groups excluding carboxylic acids is 3. The molecule has 1 atom stereocenters. The van der Waals surface area contributed by atoms with Gasteiger partial charge < -0.3 is 15.4 Å². The van der Waals surface area contributed by atoms with E-state index in [4.69, 9.17) is 4.74 Å². The van der Waals surface area contributed by atoms with Crippen LogP contribution in [-0.2, 0) is 29.2 Å². The Hall–Kier alpha value is -2.29. The number of nitrogens with zero attached hydrogens (tertiary/aromatic N) is 2. The van der Waals surface area contributed by atoms with Crippen LogP contribution < -0.4 is 15.4 Å². The number of thioether (sulfide) groups is 2. The van der Waals surface area contributed by atoms with Gasteiger partial charge in [-0.15, -0.1) is 16.9 Å². The second kappa shape index (κ2) is 13.3. The van der Waals surface area contributed by atoms with Gasteiger partial charge in [-0.3, -0.25) is 9.59 Å². The average Bonchev–Trinajstić information content (AvgIpc) is 3.19. The first-order valence-corrected chi connectivity index (χ1v) is 16.8. The van der Waals surface area contributed by atoms with Gasteiger partial charge >= 0.3 is 6.09 Å². The molecule has 1 aliphatic rings. The predicted molar refractivity (Wildman–Crippen MR) is 166 cm³/mol. The lowest BCUT2D eigenvalue weighted by atomic mass is 9.93. The van der Waals surface area contributed by atoms with E-state index in [0.717, 1.165) is 23.5 Å². The maximum absolute atomic E-state index is 13.7. The fraction of sp³-hybridized carbons (Fsp3) is 0.630. The van der Waals surface area contributed by atoms with Crippen LogP contribution in [0.25, 0.3) is 0 Å². The fourth-order valence-corrected chi connectivity index (χ4v) is 6.95. The number of nitrogens with one attached hydrogen (secondary N) is 3. The van der Waals surface area contributed by atoms with Crippen molar-refractivity contribution in [2.24, 2.45) is 15.9 Å². The number of carbonyl (C=O) groups is 3. The number of sulfonamides is 1. The number of hydrazone groups is 1. The molecule has 1 aromatic rings. The smallest absolute Gasteiger partial charge is 0.407 e. The summed E-state index contributed by atoms with van der Waals surface area (Å²) < 4.78 is 33.9. The number of rotatable bonds is 9. The first-order chi connectivity index (χ1) is 18.7. The zero-order chi connectivity index (χ0) is 31.3. The highest BCUT2D eigenvalue weighted by Crippen LogP contribution is 2.47. The van der Waals surface area contributed by atoms with E-state index in [2.05, 4.69) is 20.5 Å². The molecule has 14 heteroatoms. The largest absolute Gasteiger partial charge is 0.444 e. The summed E-state index contributed by atoms with van der Waals surface area (Å²) in [6, 6.07) is 9.01. The summed E-state index contributed by atoms with van der Waals surface area (Å²) in [5.74, 6) is -0.275. The van der Waals surface area contributed by atoms with Crippen molar-refractivity contribution in [3.63, 3.8) is 0 Å². The molecular weight excluding hydrogens is 587 g/mol. The molecular formula is C27H43N5O6S3. The molecule has 0 aliphatic carbocycles. The van der Waals surface area contributed by atoms with Crippen molar-refractivity contribution in [1.82, 2.24) is 20.4 Å². The Morgan fingerprint density at radius 3 is 2.15 bits per heavy atom. The van der Waals surface area contributed by atoms with Gasteiger partial charge in [-0.05, 0) is 38.1 Å². The third-order valence-corrected chi connectivity index (χ3v) is 9.70. The van der Waals surface area contributed by atoms with Gasteiger partial charge in [0, 0.05) is 23.1 Å². The Morgan fingerprint density at radius 1 is 1.00 bits per heavy atom. The van der Waals surface area contributed by atoms with Crippen molar-refractivity contribution in [2.75, 3.05) is 23.9 Å². The van der Waals surface area contributed by atoms with Crippen LogP contribution in [0.1, 0.15) is 67.9 Å². The summed E-state index contributed by atoms with van der Waals surface area (Å²) in [6.45, 7) is 15.9. The maximum Gasteiger partial charge on any atom is 0.407 e. The maximum atomic E-state index is 13.7. The summed E-state index contributed by atoms with van der Waals surface area (Å²) in [6.07, 6.45) is -0.569. The molecule has 1 aliphatic heterocycles. The Kier molecular flexibility index (Phi) is 11.4. The summed E-state index contributed by atoms with van der Waals surface area (Å²) >= 11 is 2.24. The lowest BCUT2D eigenvalue weighted by molar-refractivity contribution is -0.143. The summed E-state index contributed by atoms with van der Waals surface area (Å²) in [7, 11) is -3.81. The van der Waals surface area contributed by atoms with E-state index in [1.807, 2.05) is 6.07 Å². The number of amidine groups is 1. The summed E-state index contributed by atoms with van der Waals surface area (Å²) in [4.78, 5) is 37.0. The van der Waals surface area contributed by atoms with Gasteiger partial charge in [-0.1, -0.05) is 71.9 Å². The van der Waals surface area contributed by atoms with Crippen LogP contribution in [0.3, 0.4) is 0 Å². The van der Waals surface area contributed by atoms with Crippen molar-refractivity contribution in [1.29, 1.82) is 0 Å². The number of hydrogen-bond acceptors (Lipinski definition) is 9. The molecule has 0 saturated heterocycles. The highest BCUT2D eigenvalue weighted by atomic mass is 32.3. The number of amides is 3. The van der Waals surface area contributed by atoms with E-state index in [9.17, 15) is 22.8 Å². The van der Waals surface area contributed by atoms with E-state index in [-0.39, 0.29) is 35.2 Å². The quantitative estimate of drug-likeness (QED) is 0.347. The zero-order valence-electron chi connectivity index (χ0n) is 25.3. The molecule has 3 amide bonds. The molecule has 0 radical (unpaired) electrons.